The molecule has 1 unspecified atom stereocenters. The highest BCUT2D eigenvalue weighted by molar-refractivity contribution is 5.50. The Morgan fingerprint density at radius 3 is 2.45 bits per heavy atom. The first-order valence-electron chi connectivity index (χ1n) is 7.45. The van der Waals surface area contributed by atoms with E-state index in [1.54, 1.807) is 14.2 Å². The summed E-state index contributed by atoms with van der Waals surface area (Å²) in [6, 6.07) is 13.6. The summed E-state index contributed by atoms with van der Waals surface area (Å²) in [5.74, 6) is 1.42. The zero-order valence-electron chi connectivity index (χ0n) is 12.9. The van der Waals surface area contributed by atoms with Gasteiger partial charge in [0.15, 0.2) is 11.5 Å². The van der Waals surface area contributed by atoms with Crippen molar-refractivity contribution in [2.45, 2.75) is 18.6 Å². The summed E-state index contributed by atoms with van der Waals surface area (Å²) in [5, 5.41) is 14.2. The Labute approximate surface area is 130 Å². The second kappa shape index (κ2) is 6.38. The van der Waals surface area contributed by atoms with Crippen LogP contribution < -0.4 is 14.8 Å². The van der Waals surface area contributed by atoms with E-state index < -0.39 is 6.10 Å². The van der Waals surface area contributed by atoms with Crippen LogP contribution in [0.2, 0.25) is 0 Å². The maximum absolute atomic E-state index is 10.7. The van der Waals surface area contributed by atoms with Crippen molar-refractivity contribution in [3.8, 4) is 11.5 Å². The maximum Gasteiger partial charge on any atom is 0.161 e. The van der Waals surface area contributed by atoms with E-state index in [0.29, 0.717) is 5.75 Å². The average Bonchev–Trinajstić information content (AvgIpc) is 2.60. The predicted octanol–water partition coefficient (Wildman–Crippen LogP) is 2.62. The van der Waals surface area contributed by atoms with Crippen LogP contribution in [-0.2, 0) is 6.42 Å². The molecule has 116 valence electrons. The quantitative estimate of drug-likeness (QED) is 0.911. The SMILES string of the molecule is COc1cc2c(cc1OC)[C@@H](C(O)c1ccccc1)NCC2. The van der Waals surface area contributed by atoms with Gasteiger partial charge in [0.05, 0.1) is 26.4 Å². The molecule has 0 fully saturated rings. The van der Waals surface area contributed by atoms with Gasteiger partial charge < -0.3 is 19.9 Å². The Morgan fingerprint density at radius 2 is 1.77 bits per heavy atom. The van der Waals surface area contributed by atoms with E-state index >= 15 is 0 Å². The van der Waals surface area contributed by atoms with Crippen molar-refractivity contribution in [3.63, 3.8) is 0 Å². The minimum Gasteiger partial charge on any atom is -0.493 e. The third-order valence-electron chi connectivity index (χ3n) is 4.20. The minimum atomic E-state index is -0.599. The van der Waals surface area contributed by atoms with Crippen LogP contribution in [0, 0.1) is 0 Å². The van der Waals surface area contributed by atoms with Gasteiger partial charge in [0.25, 0.3) is 0 Å². The first-order chi connectivity index (χ1) is 10.7. The molecular weight excluding hydrogens is 278 g/mol. The Hall–Kier alpha value is -2.04. The Balaban J connectivity index is 2.00. The molecular formula is C18H21NO3. The topological polar surface area (TPSA) is 50.7 Å². The fourth-order valence-electron chi connectivity index (χ4n) is 3.04. The third kappa shape index (κ3) is 2.67. The lowest BCUT2D eigenvalue weighted by atomic mass is 9.88. The number of rotatable bonds is 4. The number of hydrogen-bond acceptors (Lipinski definition) is 4. The molecule has 4 heteroatoms. The van der Waals surface area contributed by atoms with Crippen LogP contribution in [0.15, 0.2) is 42.5 Å². The summed E-state index contributed by atoms with van der Waals surface area (Å²) in [6.07, 6.45) is 0.312. The normalized spacial score (nSPS) is 18.4. The predicted molar refractivity (Wildman–Crippen MR) is 85.4 cm³/mol. The summed E-state index contributed by atoms with van der Waals surface area (Å²) in [4.78, 5) is 0. The van der Waals surface area contributed by atoms with Crippen molar-refractivity contribution < 1.29 is 14.6 Å². The molecule has 0 saturated heterocycles. The van der Waals surface area contributed by atoms with Gasteiger partial charge in [-0.25, -0.2) is 0 Å². The van der Waals surface area contributed by atoms with Crippen LogP contribution in [0.4, 0.5) is 0 Å². The van der Waals surface area contributed by atoms with E-state index in [2.05, 4.69) is 5.32 Å². The van der Waals surface area contributed by atoms with Gasteiger partial charge in [-0.05, 0) is 41.8 Å². The molecule has 0 radical (unpaired) electrons. The molecule has 1 heterocycles. The zero-order valence-corrected chi connectivity index (χ0v) is 12.9. The number of methoxy groups -OCH3 is 2. The molecule has 2 aromatic carbocycles. The van der Waals surface area contributed by atoms with Gasteiger partial charge in [-0.3, -0.25) is 0 Å². The first-order valence-corrected chi connectivity index (χ1v) is 7.45. The van der Waals surface area contributed by atoms with E-state index in [1.165, 1.54) is 5.56 Å². The van der Waals surface area contributed by atoms with Gasteiger partial charge in [-0.15, -0.1) is 0 Å². The molecule has 0 aromatic heterocycles. The molecule has 1 aliphatic heterocycles. The molecule has 22 heavy (non-hydrogen) atoms. The van der Waals surface area contributed by atoms with Crippen LogP contribution in [0.3, 0.4) is 0 Å². The Bertz CT molecular complexity index is 642. The average molecular weight is 299 g/mol. The third-order valence-corrected chi connectivity index (χ3v) is 4.20. The smallest absolute Gasteiger partial charge is 0.161 e. The monoisotopic (exact) mass is 299 g/mol. The molecule has 1 aliphatic rings. The lowest BCUT2D eigenvalue weighted by Gasteiger charge is -2.31. The van der Waals surface area contributed by atoms with Crippen LogP contribution >= 0.6 is 0 Å². The lowest BCUT2D eigenvalue weighted by Crippen LogP contribution is -2.34. The number of fused-ring (bicyclic) bond motifs is 1. The molecule has 0 spiro atoms. The standard InChI is InChI=1S/C18H21NO3/c1-21-15-10-13-8-9-19-17(14(13)11-16(15)22-2)18(20)12-6-4-3-5-7-12/h3-7,10-11,17-20H,8-9H2,1-2H3/t17-,18?/m0/s1. The highest BCUT2D eigenvalue weighted by Gasteiger charge is 2.28. The second-order valence-corrected chi connectivity index (χ2v) is 5.44. The molecule has 0 amide bonds. The van der Waals surface area contributed by atoms with Crippen molar-refractivity contribution in [3.05, 3.63) is 59.2 Å². The van der Waals surface area contributed by atoms with Crippen molar-refractivity contribution in [2.24, 2.45) is 0 Å². The van der Waals surface area contributed by atoms with Crippen LogP contribution in [-0.4, -0.2) is 25.9 Å². The van der Waals surface area contributed by atoms with Gasteiger partial charge in [0.1, 0.15) is 0 Å². The van der Waals surface area contributed by atoms with Gasteiger partial charge >= 0.3 is 0 Å². The summed E-state index contributed by atoms with van der Waals surface area (Å²) in [7, 11) is 3.27. The van der Waals surface area contributed by atoms with E-state index in [4.69, 9.17) is 9.47 Å². The molecule has 2 N–H and O–H groups in total. The van der Waals surface area contributed by atoms with Crippen molar-refractivity contribution in [1.82, 2.24) is 5.32 Å². The Kier molecular flexibility index (Phi) is 4.32. The number of hydrogen-bond donors (Lipinski definition) is 2. The first kappa shape index (κ1) is 14.9. The molecule has 3 rings (SSSR count). The van der Waals surface area contributed by atoms with Crippen LogP contribution in [0.5, 0.6) is 11.5 Å². The molecule has 0 bridgehead atoms. The van der Waals surface area contributed by atoms with E-state index in [0.717, 1.165) is 29.8 Å². The van der Waals surface area contributed by atoms with Gasteiger partial charge in [0.2, 0.25) is 0 Å². The number of ether oxygens (including phenoxy) is 2. The summed E-state index contributed by atoms with van der Waals surface area (Å²) >= 11 is 0. The molecule has 0 aliphatic carbocycles. The van der Waals surface area contributed by atoms with E-state index in [-0.39, 0.29) is 6.04 Å². The number of benzene rings is 2. The Morgan fingerprint density at radius 1 is 1.09 bits per heavy atom. The lowest BCUT2D eigenvalue weighted by molar-refractivity contribution is 0.125. The summed E-state index contributed by atoms with van der Waals surface area (Å²) in [6.45, 7) is 0.830. The molecule has 4 nitrogen and oxygen atoms in total. The number of aliphatic hydroxyl groups excluding tert-OH is 1. The van der Waals surface area contributed by atoms with Crippen molar-refractivity contribution >= 4 is 0 Å². The molecule has 2 aromatic rings. The highest BCUT2D eigenvalue weighted by atomic mass is 16.5. The van der Waals surface area contributed by atoms with Crippen LogP contribution in [0.25, 0.3) is 0 Å². The fraction of sp³-hybridized carbons (Fsp3) is 0.333. The number of aliphatic hydroxyl groups is 1. The van der Waals surface area contributed by atoms with Gasteiger partial charge in [0, 0.05) is 0 Å². The number of nitrogens with one attached hydrogen (secondary N) is 1. The highest BCUT2D eigenvalue weighted by Crippen LogP contribution is 2.39. The van der Waals surface area contributed by atoms with Gasteiger partial charge in [-0.2, -0.15) is 0 Å². The minimum absolute atomic E-state index is 0.147. The van der Waals surface area contributed by atoms with Crippen LogP contribution in [0.1, 0.15) is 28.8 Å². The van der Waals surface area contributed by atoms with E-state index in [1.807, 2.05) is 42.5 Å². The zero-order chi connectivity index (χ0) is 15.5. The van der Waals surface area contributed by atoms with Crippen molar-refractivity contribution in [1.29, 1.82) is 0 Å². The molecule has 2 atom stereocenters. The fourth-order valence-corrected chi connectivity index (χ4v) is 3.04. The second-order valence-electron chi connectivity index (χ2n) is 5.44. The van der Waals surface area contributed by atoms with E-state index in [9.17, 15) is 5.11 Å². The molecule has 0 saturated carbocycles. The summed E-state index contributed by atoms with van der Waals surface area (Å²) in [5.41, 5.74) is 3.17. The maximum atomic E-state index is 10.7. The van der Waals surface area contributed by atoms with Crippen molar-refractivity contribution in [2.75, 3.05) is 20.8 Å². The largest absolute Gasteiger partial charge is 0.493 e. The van der Waals surface area contributed by atoms with Gasteiger partial charge in [-0.1, -0.05) is 30.3 Å². The summed E-state index contributed by atoms with van der Waals surface area (Å²) < 4.78 is 10.8.